The molecule has 0 aliphatic carbocycles. The molecule has 1 N–H and O–H groups in total. The van der Waals surface area contributed by atoms with E-state index in [1.54, 1.807) is 6.07 Å². The fourth-order valence-corrected chi connectivity index (χ4v) is 5.11. The van der Waals surface area contributed by atoms with Gasteiger partial charge in [0.15, 0.2) is 0 Å². The van der Waals surface area contributed by atoms with E-state index in [0.29, 0.717) is 34.1 Å². The van der Waals surface area contributed by atoms with E-state index in [-0.39, 0.29) is 23.6 Å². The van der Waals surface area contributed by atoms with Crippen LogP contribution in [0, 0.1) is 13.8 Å². The first-order valence-corrected chi connectivity index (χ1v) is 11.4. The fourth-order valence-electron chi connectivity index (χ4n) is 3.68. The Hall–Kier alpha value is -2.13. The summed E-state index contributed by atoms with van der Waals surface area (Å²) in [5.74, 6) is -0.318. The van der Waals surface area contributed by atoms with E-state index in [1.165, 1.54) is 28.0 Å². The molecule has 31 heavy (non-hydrogen) atoms. The minimum absolute atomic E-state index is 0.00270. The summed E-state index contributed by atoms with van der Waals surface area (Å²) < 4.78 is 7.91. The van der Waals surface area contributed by atoms with Crippen molar-refractivity contribution in [1.29, 1.82) is 0 Å². The molecule has 1 aliphatic rings. The molecule has 3 heterocycles. The van der Waals surface area contributed by atoms with Crippen molar-refractivity contribution in [1.82, 2.24) is 14.5 Å². The third kappa shape index (κ3) is 4.17. The number of fused-ring (bicyclic) bond motifs is 1. The second kappa shape index (κ2) is 8.78. The molecule has 3 aromatic rings. The Morgan fingerprint density at radius 1 is 1.26 bits per heavy atom. The van der Waals surface area contributed by atoms with Crippen LogP contribution in [0.3, 0.4) is 0 Å². The molecule has 2 aromatic heterocycles. The van der Waals surface area contributed by atoms with E-state index in [4.69, 9.17) is 27.9 Å². The van der Waals surface area contributed by atoms with Gasteiger partial charge in [0.25, 0.3) is 5.56 Å². The van der Waals surface area contributed by atoms with Crippen molar-refractivity contribution in [3.8, 4) is 5.69 Å². The summed E-state index contributed by atoms with van der Waals surface area (Å²) in [4.78, 5) is 40.7. The van der Waals surface area contributed by atoms with Crippen molar-refractivity contribution in [3.63, 3.8) is 0 Å². The predicted octanol–water partition coefficient (Wildman–Crippen LogP) is 3.43. The molecule has 4 rings (SSSR count). The highest BCUT2D eigenvalue weighted by Crippen LogP contribution is 2.28. The number of halogens is 2. The first-order valence-electron chi connectivity index (χ1n) is 9.87. The summed E-state index contributed by atoms with van der Waals surface area (Å²) in [7, 11) is 0. The molecule has 0 saturated carbocycles. The standard InChI is InChI=1S/C21H21Cl2N3O4S/c1-11-12(2)31-20-18(11)19(28)26(13-5-6-15(22)16(23)8-13)21(29)25(20)10-17(27)24-9-14-4-3-7-30-14/h5-6,8,14H,3-4,7,9-10H2,1-2H3,(H,24,27)/t14-/m1/s1. The van der Waals surface area contributed by atoms with Crippen molar-refractivity contribution < 1.29 is 9.53 Å². The zero-order valence-electron chi connectivity index (χ0n) is 17.0. The number of aryl methyl sites for hydroxylation is 2. The highest BCUT2D eigenvalue weighted by Gasteiger charge is 2.22. The van der Waals surface area contributed by atoms with Crippen molar-refractivity contribution in [2.24, 2.45) is 0 Å². The zero-order chi connectivity index (χ0) is 22.3. The second-order valence-electron chi connectivity index (χ2n) is 7.51. The van der Waals surface area contributed by atoms with Gasteiger partial charge in [-0.3, -0.25) is 14.2 Å². The van der Waals surface area contributed by atoms with Gasteiger partial charge in [-0.2, -0.15) is 0 Å². The Balaban J connectivity index is 1.81. The summed E-state index contributed by atoms with van der Waals surface area (Å²) >= 11 is 13.4. The van der Waals surface area contributed by atoms with Gasteiger partial charge in [-0.05, 0) is 50.5 Å². The smallest absolute Gasteiger partial charge is 0.337 e. The summed E-state index contributed by atoms with van der Waals surface area (Å²) in [6.07, 6.45) is 1.87. The number of hydrogen-bond donors (Lipinski definition) is 1. The molecule has 0 bridgehead atoms. The van der Waals surface area contributed by atoms with Gasteiger partial charge in [0.05, 0.1) is 27.2 Å². The molecule has 1 fully saturated rings. The molecule has 0 unspecified atom stereocenters. The molecule has 164 valence electrons. The van der Waals surface area contributed by atoms with Crippen LogP contribution in [-0.2, 0) is 16.1 Å². The van der Waals surface area contributed by atoms with Gasteiger partial charge in [0.1, 0.15) is 11.4 Å². The number of carbonyl (C=O) groups excluding carboxylic acids is 1. The zero-order valence-corrected chi connectivity index (χ0v) is 19.4. The van der Waals surface area contributed by atoms with Gasteiger partial charge in [0.2, 0.25) is 5.91 Å². The van der Waals surface area contributed by atoms with E-state index < -0.39 is 11.2 Å². The highest BCUT2D eigenvalue weighted by molar-refractivity contribution is 7.18. The minimum atomic E-state index is -0.607. The maximum absolute atomic E-state index is 13.4. The molecule has 10 heteroatoms. The van der Waals surface area contributed by atoms with Crippen LogP contribution in [0.2, 0.25) is 10.0 Å². The van der Waals surface area contributed by atoms with E-state index >= 15 is 0 Å². The number of thiophene rings is 1. The normalized spacial score (nSPS) is 16.2. The monoisotopic (exact) mass is 481 g/mol. The number of ether oxygens (including phenoxy) is 1. The Kier molecular flexibility index (Phi) is 6.25. The molecule has 0 radical (unpaired) electrons. The maximum Gasteiger partial charge on any atom is 0.337 e. The molecule has 1 aromatic carbocycles. The Morgan fingerprint density at radius 3 is 2.71 bits per heavy atom. The highest BCUT2D eigenvalue weighted by atomic mass is 35.5. The maximum atomic E-state index is 13.4. The Bertz CT molecular complexity index is 1290. The fraction of sp³-hybridized carbons (Fsp3) is 0.381. The van der Waals surface area contributed by atoms with Gasteiger partial charge < -0.3 is 10.1 Å². The SMILES string of the molecule is Cc1sc2c(c1C)c(=O)n(-c1ccc(Cl)c(Cl)c1)c(=O)n2CC(=O)NC[C@H]1CCCO1. The minimum Gasteiger partial charge on any atom is -0.376 e. The summed E-state index contributed by atoms with van der Waals surface area (Å²) in [6, 6.07) is 4.55. The summed E-state index contributed by atoms with van der Waals surface area (Å²) in [6.45, 7) is 4.61. The van der Waals surface area contributed by atoms with Crippen molar-refractivity contribution in [2.75, 3.05) is 13.2 Å². The molecule has 1 aliphatic heterocycles. The van der Waals surface area contributed by atoms with Crippen LogP contribution in [0.1, 0.15) is 23.3 Å². The second-order valence-corrected chi connectivity index (χ2v) is 9.53. The summed E-state index contributed by atoms with van der Waals surface area (Å²) in [5, 5.41) is 3.79. The van der Waals surface area contributed by atoms with Crippen LogP contribution in [0.4, 0.5) is 0 Å². The van der Waals surface area contributed by atoms with E-state index in [0.717, 1.165) is 27.8 Å². The predicted molar refractivity (Wildman–Crippen MR) is 123 cm³/mol. The third-order valence-electron chi connectivity index (χ3n) is 5.47. The number of rotatable bonds is 5. The summed E-state index contributed by atoms with van der Waals surface area (Å²) in [5.41, 5.74) is 0.0241. The Morgan fingerprint density at radius 2 is 2.03 bits per heavy atom. The first-order chi connectivity index (χ1) is 14.8. The lowest BCUT2D eigenvalue weighted by Gasteiger charge is -2.14. The van der Waals surface area contributed by atoms with Gasteiger partial charge in [-0.1, -0.05) is 23.2 Å². The van der Waals surface area contributed by atoms with Crippen LogP contribution >= 0.6 is 34.5 Å². The van der Waals surface area contributed by atoms with Crippen LogP contribution in [-0.4, -0.2) is 34.3 Å². The number of aromatic nitrogens is 2. The quantitative estimate of drug-likeness (QED) is 0.604. The average molecular weight is 482 g/mol. The van der Waals surface area contributed by atoms with Crippen molar-refractivity contribution >= 4 is 50.7 Å². The number of nitrogens with one attached hydrogen (secondary N) is 1. The number of benzene rings is 1. The molecule has 1 saturated heterocycles. The number of hydrogen-bond acceptors (Lipinski definition) is 5. The van der Waals surface area contributed by atoms with Crippen LogP contribution < -0.4 is 16.6 Å². The van der Waals surface area contributed by atoms with E-state index in [2.05, 4.69) is 5.32 Å². The van der Waals surface area contributed by atoms with Crippen LogP contribution in [0.25, 0.3) is 15.9 Å². The average Bonchev–Trinajstić information content (AvgIpc) is 3.35. The van der Waals surface area contributed by atoms with Gasteiger partial charge in [-0.25, -0.2) is 9.36 Å². The largest absolute Gasteiger partial charge is 0.376 e. The van der Waals surface area contributed by atoms with E-state index in [1.807, 2.05) is 13.8 Å². The van der Waals surface area contributed by atoms with Crippen LogP contribution in [0.15, 0.2) is 27.8 Å². The lowest BCUT2D eigenvalue weighted by atomic mass is 10.2. The number of nitrogens with zero attached hydrogens (tertiary/aromatic N) is 2. The number of carbonyl (C=O) groups is 1. The van der Waals surface area contributed by atoms with Gasteiger partial charge >= 0.3 is 5.69 Å². The Labute approximate surface area is 192 Å². The molecule has 1 atom stereocenters. The van der Waals surface area contributed by atoms with Crippen molar-refractivity contribution in [3.05, 3.63) is 59.5 Å². The van der Waals surface area contributed by atoms with Crippen molar-refractivity contribution in [2.45, 2.75) is 39.3 Å². The lowest BCUT2D eigenvalue weighted by molar-refractivity contribution is -0.122. The molecule has 7 nitrogen and oxygen atoms in total. The van der Waals surface area contributed by atoms with Gasteiger partial charge in [-0.15, -0.1) is 11.3 Å². The van der Waals surface area contributed by atoms with Crippen LogP contribution in [0.5, 0.6) is 0 Å². The topological polar surface area (TPSA) is 82.3 Å². The third-order valence-corrected chi connectivity index (χ3v) is 7.43. The molecule has 1 amide bonds. The first kappa shape index (κ1) is 22.1. The molecule has 0 spiro atoms. The molecular formula is C21H21Cl2N3O4S. The number of amides is 1. The van der Waals surface area contributed by atoms with E-state index in [9.17, 15) is 14.4 Å². The van der Waals surface area contributed by atoms with Gasteiger partial charge in [0, 0.05) is 18.0 Å². The molecular weight excluding hydrogens is 461 g/mol. The lowest BCUT2D eigenvalue weighted by Crippen LogP contribution is -2.42.